The molecule has 3 N–H and O–H groups in total. The van der Waals surface area contributed by atoms with Crippen LogP contribution in [0.5, 0.6) is 0 Å². The van der Waals surface area contributed by atoms with Crippen LogP contribution in [0.2, 0.25) is 0 Å². The summed E-state index contributed by atoms with van der Waals surface area (Å²) >= 11 is 0. The van der Waals surface area contributed by atoms with Gasteiger partial charge in [0.1, 0.15) is 0 Å². The second kappa shape index (κ2) is 9.11. The summed E-state index contributed by atoms with van der Waals surface area (Å²) in [6.07, 6.45) is 7.90. The Hall–Kier alpha value is -2.24. The van der Waals surface area contributed by atoms with Gasteiger partial charge in [-0.1, -0.05) is 31.4 Å². The molecule has 1 aromatic rings. The van der Waals surface area contributed by atoms with Gasteiger partial charge >= 0.3 is 6.03 Å². The molecule has 0 radical (unpaired) electrons. The lowest BCUT2D eigenvalue weighted by Crippen LogP contribution is -2.46. The van der Waals surface area contributed by atoms with Gasteiger partial charge in [-0.3, -0.25) is 4.79 Å². The van der Waals surface area contributed by atoms with E-state index in [9.17, 15) is 9.59 Å². The first-order chi connectivity index (χ1) is 13.0. The number of urea groups is 1. The second-order valence-electron chi connectivity index (χ2n) is 7.89. The topological polar surface area (TPSA) is 78.7 Å². The fourth-order valence-corrected chi connectivity index (χ4v) is 4.18. The van der Waals surface area contributed by atoms with Gasteiger partial charge in [0.15, 0.2) is 0 Å². The SMILES string of the molecule is CN(c1ccc(CNC(=O)N2CCC(C(N)=O)CC2)cc1)C1CCCCC1. The van der Waals surface area contributed by atoms with Crippen LogP contribution >= 0.6 is 0 Å². The lowest BCUT2D eigenvalue weighted by molar-refractivity contribution is -0.123. The Bertz CT molecular complexity index is 632. The Kier molecular flexibility index (Phi) is 6.58. The third-order valence-electron chi connectivity index (χ3n) is 6.09. The van der Waals surface area contributed by atoms with Crippen LogP contribution in [0.1, 0.15) is 50.5 Å². The van der Waals surface area contributed by atoms with Gasteiger partial charge in [-0.05, 0) is 43.4 Å². The highest BCUT2D eigenvalue weighted by molar-refractivity contribution is 5.78. The molecule has 1 saturated carbocycles. The number of carbonyl (C=O) groups is 2. The van der Waals surface area contributed by atoms with Crippen molar-refractivity contribution in [1.29, 1.82) is 0 Å². The van der Waals surface area contributed by atoms with E-state index in [-0.39, 0.29) is 17.9 Å². The molecule has 2 aliphatic rings. The molecule has 0 unspecified atom stereocenters. The van der Waals surface area contributed by atoms with E-state index in [4.69, 9.17) is 5.73 Å². The van der Waals surface area contributed by atoms with Gasteiger partial charge in [0.2, 0.25) is 5.91 Å². The number of nitrogens with one attached hydrogen (secondary N) is 1. The summed E-state index contributed by atoms with van der Waals surface area (Å²) in [7, 11) is 2.18. The quantitative estimate of drug-likeness (QED) is 0.834. The Balaban J connectivity index is 1.46. The number of nitrogens with two attached hydrogens (primary N) is 1. The molecular weight excluding hydrogens is 340 g/mol. The number of nitrogens with zero attached hydrogens (tertiary/aromatic N) is 2. The van der Waals surface area contributed by atoms with Gasteiger partial charge in [0.25, 0.3) is 0 Å². The number of amides is 3. The van der Waals surface area contributed by atoms with Crippen LogP contribution in [-0.4, -0.2) is 43.0 Å². The van der Waals surface area contributed by atoms with Crippen LogP contribution in [0.15, 0.2) is 24.3 Å². The maximum absolute atomic E-state index is 12.3. The first-order valence-electron chi connectivity index (χ1n) is 10.2. The Labute approximate surface area is 162 Å². The molecule has 2 fully saturated rings. The smallest absolute Gasteiger partial charge is 0.317 e. The molecule has 3 rings (SSSR count). The van der Waals surface area contributed by atoms with Crippen molar-refractivity contribution in [3.8, 4) is 0 Å². The zero-order valence-corrected chi connectivity index (χ0v) is 16.3. The van der Waals surface area contributed by atoms with Crippen molar-refractivity contribution >= 4 is 17.6 Å². The van der Waals surface area contributed by atoms with Crippen molar-refractivity contribution in [3.05, 3.63) is 29.8 Å². The van der Waals surface area contributed by atoms with Crippen molar-refractivity contribution in [2.24, 2.45) is 11.7 Å². The number of hydrogen-bond donors (Lipinski definition) is 2. The maximum Gasteiger partial charge on any atom is 0.317 e. The van der Waals surface area contributed by atoms with Gasteiger partial charge in [0, 0.05) is 44.3 Å². The largest absolute Gasteiger partial charge is 0.372 e. The van der Waals surface area contributed by atoms with Crippen LogP contribution in [0.3, 0.4) is 0 Å². The molecule has 1 aromatic carbocycles. The summed E-state index contributed by atoms with van der Waals surface area (Å²) in [5.74, 6) is -0.351. The average molecular weight is 373 g/mol. The van der Waals surface area contributed by atoms with E-state index in [0.29, 0.717) is 38.5 Å². The molecule has 3 amide bonds. The number of benzene rings is 1. The number of rotatable bonds is 5. The highest BCUT2D eigenvalue weighted by atomic mass is 16.2. The predicted octanol–water partition coefficient (Wildman–Crippen LogP) is 2.86. The Morgan fingerprint density at radius 2 is 1.70 bits per heavy atom. The summed E-state index contributed by atoms with van der Waals surface area (Å²) < 4.78 is 0. The number of primary amides is 1. The lowest BCUT2D eigenvalue weighted by atomic mass is 9.94. The molecule has 1 aliphatic carbocycles. The molecular formula is C21H32N4O2. The van der Waals surface area contributed by atoms with Crippen LogP contribution < -0.4 is 16.0 Å². The highest BCUT2D eigenvalue weighted by Crippen LogP contribution is 2.26. The monoisotopic (exact) mass is 372 g/mol. The first kappa shape index (κ1) is 19.5. The molecule has 27 heavy (non-hydrogen) atoms. The van der Waals surface area contributed by atoms with E-state index in [0.717, 1.165) is 5.56 Å². The number of piperidine rings is 1. The molecule has 6 heteroatoms. The fourth-order valence-electron chi connectivity index (χ4n) is 4.18. The van der Waals surface area contributed by atoms with Crippen molar-refractivity contribution < 1.29 is 9.59 Å². The second-order valence-corrected chi connectivity index (χ2v) is 7.89. The summed E-state index contributed by atoms with van der Waals surface area (Å²) in [6, 6.07) is 9.06. The van der Waals surface area contributed by atoms with Crippen LogP contribution in [0.25, 0.3) is 0 Å². The third-order valence-corrected chi connectivity index (χ3v) is 6.09. The minimum atomic E-state index is -0.256. The molecule has 0 aromatic heterocycles. The molecule has 1 saturated heterocycles. The summed E-state index contributed by atoms with van der Waals surface area (Å²) in [5, 5.41) is 2.98. The Morgan fingerprint density at radius 1 is 1.07 bits per heavy atom. The third kappa shape index (κ3) is 5.15. The minimum Gasteiger partial charge on any atom is -0.372 e. The molecule has 1 aliphatic heterocycles. The van der Waals surface area contributed by atoms with Gasteiger partial charge in [0.05, 0.1) is 0 Å². The maximum atomic E-state index is 12.3. The van der Waals surface area contributed by atoms with Gasteiger partial charge < -0.3 is 20.9 Å². The summed E-state index contributed by atoms with van der Waals surface area (Å²) in [5.41, 5.74) is 7.68. The summed E-state index contributed by atoms with van der Waals surface area (Å²) in [4.78, 5) is 27.7. The number of hydrogen-bond acceptors (Lipinski definition) is 3. The average Bonchev–Trinajstić information content (AvgIpc) is 2.72. The number of anilines is 1. The zero-order chi connectivity index (χ0) is 19.2. The normalized spacial score (nSPS) is 18.9. The van der Waals surface area contributed by atoms with E-state index >= 15 is 0 Å². The standard InChI is InChI=1S/C21H32N4O2/c1-24(18-5-3-2-4-6-18)19-9-7-16(8-10-19)15-23-21(27)25-13-11-17(12-14-25)20(22)26/h7-10,17-18H,2-6,11-15H2,1H3,(H2,22,26)(H,23,27). The molecule has 6 nitrogen and oxygen atoms in total. The summed E-state index contributed by atoms with van der Waals surface area (Å²) in [6.45, 7) is 1.69. The van der Waals surface area contributed by atoms with Gasteiger partial charge in [-0.15, -0.1) is 0 Å². The molecule has 0 spiro atoms. The number of carbonyl (C=O) groups excluding carboxylic acids is 2. The van der Waals surface area contributed by atoms with Crippen molar-refractivity contribution in [2.75, 3.05) is 25.0 Å². The van der Waals surface area contributed by atoms with Crippen LogP contribution in [-0.2, 0) is 11.3 Å². The van der Waals surface area contributed by atoms with Crippen LogP contribution in [0.4, 0.5) is 10.5 Å². The van der Waals surface area contributed by atoms with Gasteiger partial charge in [-0.25, -0.2) is 4.79 Å². The van der Waals surface area contributed by atoms with E-state index in [1.807, 2.05) is 0 Å². The highest BCUT2D eigenvalue weighted by Gasteiger charge is 2.25. The van der Waals surface area contributed by atoms with E-state index in [1.54, 1.807) is 4.90 Å². The van der Waals surface area contributed by atoms with E-state index < -0.39 is 0 Å². The molecule has 0 bridgehead atoms. The van der Waals surface area contributed by atoms with Crippen molar-refractivity contribution in [2.45, 2.75) is 57.5 Å². The zero-order valence-electron chi connectivity index (χ0n) is 16.3. The van der Waals surface area contributed by atoms with Crippen molar-refractivity contribution in [3.63, 3.8) is 0 Å². The molecule has 1 heterocycles. The minimum absolute atomic E-state index is 0.0682. The lowest BCUT2D eigenvalue weighted by Gasteiger charge is -2.33. The van der Waals surface area contributed by atoms with Crippen LogP contribution in [0, 0.1) is 5.92 Å². The molecule has 0 atom stereocenters. The first-order valence-corrected chi connectivity index (χ1v) is 10.2. The van der Waals surface area contributed by atoms with Gasteiger partial charge in [-0.2, -0.15) is 0 Å². The Morgan fingerprint density at radius 3 is 2.30 bits per heavy atom. The van der Waals surface area contributed by atoms with Crippen molar-refractivity contribution in [1.82, 2.24) is 10.2 Å². The van der Waals surface area contributed by atoms with E-state index in [1.165, 1.54) is 37.8 Å². The fraction of sp³-hybridized carbons (Fsp3) is 0.619. The van der Waals surface area contributed by atoms with E-state index in [2.05, 4.69) is 41.5 Å². The predicted molar refractivity (Wildman–Crippen MR) is 107 cm³/mol. The number of likely N-dealkylation sites (tertiary alicyclic amines) is 1. The molecule has 148 valence electrons.